The van der Waals surface area contributed by atoms with Gasteiger partial charge in [0.2, 0.25) is 82.7 Å². The minimum absolute atomic E-state index is 0.0235. The van der Waals surface area contributed by atoms with E-state index in [9.17, 15) is 48.6 Å². The molecule has 1 fully saturated rings. The highest BCUT2D eigenvalue weighted by atomic mass is 32.2. The number of primary amides is 1. The number of benzene rings is 6. The zero-order valence-electron chi connectivity index (χ0n) is 73.7. The van der Waals surface area contributed by atoms with Crippen LogP contribution in [0.15, 0.2) is 163 Å². The molecule has 0 saturated carbocycles. The minimum Gasteiger partial charge on any atom is -0.508 e. The Kier molecular flexibility index (Phi) is 36.8. The molecule has 4 bridgehead atoms. The molecule has 0 radical (unpaired) electrons. The Morgan fingerprint density at radius 3 is 1.65 bits per heavy atom. The van der Waals surface area contributed by atoms with Crippen molar-refractivity contribution < 1.29 is 86.9 Å². The van der Waals surface area contributed by atoms with Crippen molar-refractivity contribution in [1.82, 2.24) is 67.5 Å². The number of unbranched alkanes of at least 4 members (excludes halogenated alkanes) is 1. The molecule has 0 aliphatic carbocycles. The number of carbonyl (C=O) groups is 16. The fraction of sp³-hybridized carbons (Fsp3) is 0.419. The van der Waals surface area contributed by atoms with Crippen molar-refractivity contribution in [3.05, 3.63) is 202 Å². The lowest BCUT2D eigenvalue weighted by atomic mass is 9.98. The van der Waals surface area contributed by atoms with Crippen LogP contribution >= 0.6 is 23.1 Å². The van der Waals surface area contributed by atoms with Crippen molar-refractivity contribution in [3.63, 3.8) is 0 Å². The predicted molar refractivity (Wildman–Crippen MR) is 487 cm³/mol. The van der Waals surface area contributed by atoms with Crippen molar-refractivity contribution in [2.24, 2.45) is 23.3 Å². The molecule has 6 aromatic carbocycles. The Hall–Kier alpha value is -13.1. The fourth-order valence-corrected chi connectivity index (χ4v) is 17.2. The van der Waals surface area contributed by atoms with E-state index in [4.69, 9.17) is 11.5 Å². The smallest absolute Gasteiger partial charge is 0.305 e. The molecule has 3 heterocycles. The number of nitrogens with zero attached hydrogens (tertiary/aromatic N) is 5. The van der Waals surface area contributed by atoms with Crippen LogP contribution in [-0.4, -0.2) is 250 Å². The quantitative estimate of drug-likeness (QED) is 0.0464. The van der Waals surface area contributed by atoms with Gasteiger partial charge in [-0.25, -0.2) is 0 Å². The number of nitrogens with two attached hydrogens (primary N) is 2. The molecule has 688 valence electrons. The first-order valence-electron chi connectivity index (χ1n) is 42.8. The maximum atomic E-state index is 15.7. The number of anilines is 1. The zero-order chi connectivity index (χ0) is 93.9. The van der Waals surface area contributed by atoms with Crippen LogP contribution in [0, 0.1) is 11.8 Å². The molecule has 2 aliphatic heterocycles. The highest BCUT2D eigenvalue weighted by Crippen LogP contribution is 2.32. The van der Waals surface area contributed by atoms with E-state index in [2.05, 4.69) is 47.9 Å². The molecule has 9 rings (SSSR count). The highest BCUT2D eigenvalue weighted by molar-refractivity contribution is 8.00. The summed E-state index contributed by atoms with van der Waals surface area (Å²) in [4.78, 5) is 241. The van der Waals surface area contributed by atoms with Crippen molar-refractivity contribution in [2.45, 2.75) is 178 Å². The molecule has 1 aromatic heterocycles. The molecular formula is C93H116N16O18S2. The summed E-state index contributed by atoms with van der Waals surface area (Å²) in [6.07, 6.45) is -1.28. The number of aliphatic carboxylic acids is 1. The Balaban J connectivity index is 1.11. The van der Waals surface area contributed by atoms with Gasteiger partial charge in [0.1, 0.15) is 72.2 Å². The van der Waals surface area contributed by atoms with Gasteiger partial charge in [-0.15, -0.1) is 23.1 Å². The first-order chi connectivity index (χ1) is 61.5. The van der Waals surface area contributed by atoms with E-state index in [-0.39, 0.29) is 81.0 Å². The molecule has 0 spiro atoms. The van der Waals surface area contributed by atoms with Crippen LogP contribution in [0.3, 0.4) is 0 Å². The number of carboxylic acids is 1. The monoisotopic (exact) mass is 1810 g/mol. The number of amides is 15. The third-order valence-electron chi connectivity index (χ3n) is 22.4. The average molecular weight is 1810 g/mol. The number of aromatic hydroxyl groups is 1. The van der Waals surface area contributed by atoms with Gasteiger partial charge in [0.25, 0.3) is 5.91 Å². The zero-order valence-corrected chi connectivity index (χ0v) is 75.4. The first-order valence-corrected chi connectivity index (χ1v) is 44.8. The summed E-state index contributed by atoms with van der Waals surface area (Å²) in [5, 5.41) is 47.4. The maximum Gasteiger partial charge on any atom is 0.305 e. The van der Waals surface area contributed by atoms with Gasteiger partial charge in [-0.1, -0.05) is 175 Å². The van der Waals surface area contributed by atoms with Gasteiger partial charge in [-0.3, -0.25) is 81.6 Å². The number of carbonyl (C=O) groups excluding carboxylic acids is 15. The second kappa shape index (κ2) is 47.6. The van der Waals surface area contributed by atoms with Crippen molar-refractivity contribution in [3.8, 4) is 5.75 Å². The summed E-state index contributed by atoms with van der Waals surface area (Å²) in [6.45, 7) is 6.45. The predicted octanol–water partition coefficient (Wildman–Crippen LogP) is 2.70. The number of hydrogen-bond acceptors (Lipinski definition) is 20. The lowest BCUT2D eigenvalue weighted by Gasteiger charge is -2.37. The number of thioether (sulfide) groups is 1. The van der Waals surface area contributed by atoms with Gasteiger partial charge in [-0.2, -0.15) is 0 Å². The summed E-state index contributed by atoms with van der Waals surface area (Å²) in [5.74, 6) is -16.9. The van der Waals surface area contributed by atoms with E-state index < -0.39 is 199 Å². The van der Waals surface area contributed by atoms with Crippen molar-refractivity contribution >= 4 is 133 Å². The van der Waals surface area contributed by atoms with Gasteiger partial charge >= 0.3 is 5.97 Å². The van der Waals surface area contributed by atoms with E-state index in [1.54, 1.807) is 148 Å². The van der Waals surface area contributed by atoms with E-state index in [0.29, 0.717) is 46.2 Å². The Labute approximate surface area is 757 Å². The SMILES string of the molecule is CCCC[C@H]1C(=O)N(C)CC(=O)N[C@@H](CC(=O)O)C(=O)N[C@@H](C(C)C)C(=O)N(C)[C@@H](Cc2ccccc2)C(=O)N[C@@H](Cc2ccc(CN)cc2)C(=O)N(C)CC(=O)N[C@@H](Cc2csc3ccccc23)C(=O)N[C@@H](Cc2ccc(O)cc2)C(=O)N[C@@H](CC(C)C)C(=O)N[C@H](C(=O)NCC(N)=O)CSCC(=O)N[C@@H](Cc2ccccc2)C(=O)N(C)[C@H]2Cc3cccc(c3)N1C2=O. The number of thiophene rings is 1. The maximum absolute atomic E-state index is 15.7. The Morgan fingerprint density at radius 2 is 1.05 bits per heavy atom. The van der Waals surface area contributed by atoms with E-state index >= 15 is 38.4 Å². The summed E-state index contributed by atoms with van der Waals surface area (Å²) in [7, 11) is 5.26. The van der Waals surface area contributed by atoms with Crippen LogP contribution in [0.5, 0.6) is 5.75 Å². The van der Waals surface area contributed by atoms with Crippen LogP contribution in [0.1, 0.15) is 106 Å². The van der Waals surface area contributed by atoms with Gasteiger partial charge in [0.05, 0.1) is 31.8 Å². The Morgan fingerprint density at radius 1 is 0.519 bits per heavy atom. The topological polar surface area (TPSA) is 490 Å². The molecule has 1 saturated heterocycles. The molecule has 129 heavy (non-hydrogen) atoms. The summed E-state index contributed by atoms with van der Waals surface area (Å²) in [6, 6.07) is 27.1. The molecule has 15 N–H and O–H groups in total. The van der Waals surface area contributed by atoms with E-state index in [1.165, 1.54) is 73.6 Å². The fourth-order valence-electron chi connectivity index (χ4n) is 15.3. The summed E-state index contributed by atoms with van der Waals surface area (Å²) >= 11 is 2.20. The number of fused-ring (bicyclic) bond motifs is 6. The van der Waals surface area contributed by atoms with Crippen molar-refractivity contribution in [1.29, 1.82) is 0 Å². The van der Waals surface area contributed by atoms with Gasteiger partial charge in [0, 0.05) is 89.4 Å². The molecule has 15 amide bonds. The van der Waals surface area contributed by atoms with Gasteiger partial charge in [-0.05, 0) is 105 Å². The number of hydrogen-bond donors (Lipinski definition) is 13. The number of nitrogens with one attached hydrogen (secondary N) is 9. The first kappa shape index (κ1) is 99.7. The molecule has 36 heteroatoms. The molecule has 0 unspecified atom stereocenters. The number of carboxylic acid groups (broad SMARTS) is 1. The third kappa shape index (κ3) is 28.7. The number of phenols is 1. The highest BCUT2D eigenvalue weighted by Gasteiger charge is 2.44. The summed E-state index contributed by atoms with van der Waals surface area (Å²) in [5.41, 5.74) is 15.7. The van der Waals surface area contributed by atoms with Crippen LogP contribution in [0.25, 0.3) is 10.1 Å². The van der Waals surface area contributed by atoms with Crippen LogP contribution < -0.4 is 64.2 Å². The average Bonchev–Trinajstić information content (AvgIpc) is 1.67. The molecular weight excluding hydrogens is 1690 g/mol. The van der Waals surface area contributed by atoms with E-state index in [0.717, 1.165) is 42.1 Å². The molecule has 11 atom stereocenters. The minimum atomic E-state index is -1.90. The third-order valence-corrected chi connectivity index (χ3v) is 24.4. The van der Waals surface area contributed by atoms with Crippen LogP contribution in [0.2, 0.25) is 0 Å². The van der Waals surface area contributed by atoms with Gasteiger partial charge in [0.15, 0.2) is 0 Å². The normalized spacial score (nSPS) is 22.2. The molecule has 2 aliphatic rings. The second-order valence-corrected chi connectivity index (χ2v) is 35.2. The standard InChI is InChI=1S/C93H116N16O18S2/c1-10-11-28-73-91(125)106(7)50-79(113)98-69(46-81(115)116)87(121)104-82(55(4)5)93(127)107(8)74(43-57-23-16-13-17-24-57)88(122)102-70(42-58-30-32-60(47-94)33-31-58)89(123)105(6)49-78(112)97-68(45-62-51-129-76-29-19-18-27-65(62)76)86(120)101-67(40-59-34-36-64(110)37-35-59)85(119)100-66(38-54(2)3)84(118)103-72(83(117)96-48-77(95)111)52-128-53-80(114)99-71(41-56-21-14-12-15-22-56)90(124)108(9)75-44-61-25-20-26-63(39-61)109(73)92(75)126/h12-27,29-37,39,51,54-55,66-75,82,110H,10-11,28,38,40-50,52-53,94H2,1-9H3,(H2,95,111)(H,96,117)(H,97,112)(H,98,113)(H,99,114)(H,100,119)(H,101,120)(H,102,122)(H,103,118)(H,104,121)(H,115,116)/t66-,67-,68-,69-,70-,71-,72-,73-,74-,75-,82-/m0/s1. The van der Waals surface area contributed by atoms with Crippen LogP contribution in [0.4, 0.5) is 5.69 Å². The van der Waals surface area contributed by atoms with Gasteiger partial charge < -0.3 is 89.1 Å². The lowest BCUT2D eigenvalue weighted by molar-refractivity contribution is -0.145. The second-order valence-electron chi connectivity index (χ2n) is 33.3. The Bertz CT molecular complexity index is 5160. The molecule has 34 nitrogen and oxygen atoms in total. The molecule has 7 aromatic rings. The lowest BCUT2D eigenvalue weighted by Crippen LogP contribution is -2.61. The van der Waals surface area contributed by atoms with E-state index in [1.807, 2.05) is 25.1 Å². The number of phenolic OH excluding ortho intramolecular Hbond substituents is 1. The number of rotatable bonds is 22. The van der Waals surface area contributed by atoms with Crippen molar-refractivity contribution in [2.75, 3.05) is 64.2 Å². The summed E-state index contributed by atoms with van der Waals surface area (Å²) < 4.78 is 0.829. The largest absolute Gasteiger partial charge is 0.508 e. The number of likely N-dealkylation sites (N-methyl/N-ethyl adjacent to an activating group) is 4. The van der Waals surface area contributed by atoms with Crippen LogP contribution in [-0.2, 0) is 122 Å².